The molecule has 1 aromatic heterocycles. The number of hydrogen-bond acceptors (Lipinski definition) is 4. The molecule has 5 heteroatoms. The number of nitrogens with zero attached hydrogens (tertiary/aromatic N) is 4. The van der Waals surface area contributed by atoms with Crippen molar-refractivity contribution in [2.24, 2.45) is 0 Å². The first kappa shape index (κ1) is 18.4. The molecule has 0 saturated carbocycles. The van der Waals surface area contributed by atoms with Gasteiger partial charge in [0, 0.05) is 46.5 Å². The van der Waals surface area contributed by atoms with Crippen molar-refractivity contribution in [2.75, 3.05) is 38.6 Å². The van der Waals surface area contributed by atoms with E-state index in [-0.39, 0.29) is 5.91 Å². The Bertz CT molecular complexity index is 770. The molecule has 26 heavy (non-hydrogen) atoms. The number of hydrogen-bond donors (Lipinski definition) is 0. The predicted octanol–water partition coefficient (Wildman–Crippen LogP) is 2.61. The monoisotopic (exact) mass is 352 g/mol. The standard InChI is InChI=1S/C21H28N4O/c1-16-5-6-18(11-17(16)2)14-25-10-9-24(15-21(25)26)13-19-7-8-20(22-12-19)23(3)4/h5-8,11-12H,9-10,13-15H2,1-4H3. The second-order valence-corrected chi connectivity index (χ2v) is 7.36. The summed E-state index contributed by atoms with van der Waals surface area (Å²) < 4.78 is 0. The lowest BCUT2D eigenvalue weighted by atomic mass is 10.1. The van der Waals surface area contributed by atoms with Gasteiger partial charge in [-0.2, -0.15) is 0 Å². The van der Waals surface area contributed by atoms with E-state index >= 15 is 0 Å². The van der Waals surface area contributed by atoms with Crippen LogP contribution in [0.2, 0.25) is 0 Å². The van der Waals surface area contributed by atoms with E-state index in [4.69, 9.17) is 0 Å². The van der Waals surface area contributed by atoms with Gasteiger partial charge >= 0.3 is 0 Å². The van der Waals surface area contributed by atoms with Crippen LogP contribution >= 0.6 is 0 Å². The first-order valence-corrected chi connectivity index (χ1v) is 9.11. The third-order valence-electron chi connectivity index (χ3n) is 5.02. The number of amides is 1. The quantitative estimate of drug-likeness (QED) is 0.829. The van der Waals surface area contributed by atoms with E-state index in [0.717, 1.165) is 31.0 Å². The van der Waals surface area contributed by atoms with Crippen molar-refractivity contribution in [1.82, 2.24) is 14.8 Å². The minimum Gasteiger partial charge on any atom is -0.363 e. The average molecular weight is 352 g/mol. The van der Waals surface area contributed by atoms with Crippen LogP contribution in [0.3, 0.4) is 0 Å². The predicted molar refractivity (Wildman–Crippen MR) is 105 cm³/mol. The fourth-order valence-electron chi connectivity index (χ4n) is 3.21. The number of rotatable bonds is 5. The molecule has 0 atom stereocenters. The summed E-state index contributed by atoms with van der Waals surface area (Å²) in [6, 6.07) is 10.6. The Kier molecular flexibility index (Phi) is 5.57. The summed E-state index contributed by atoms with van der Waals surface area (Å²) in [5.74, 6) is 1.15. The van der Waals surface area contributed by atoms with Gasteiger partial charge in [0.25, 0.3) is 0 Å². The van der Waals surface area contributed by atoms with Gasteiger partial charge in [-0.15, -0.1) is 0 Å². The Morgan fingerprint density at radius 2 is 1.77 bits per heavy atom. The SMILES string of the molecule is Cc1ccc(CN2CCN(Cc3ccc(N(C)C)nc3)CC2=O)cc1C. The first-order chi connectivity index (χ1) is 12.4. The topological polar surface area (TPSA) is 39.7 Å². The van der Waals surface area contributed by atoms with Crippen LogP contribution in [0, 0.1) is 13.8 Å². The van der Waals surface area contributed by atoms with Crippen LogP contribution in [0.1, 0.15) is 22.3 Å². The van der Waals surface area contributed by atoms with Gasteiger partial charge in [0.2, 0.25) is 5.91 Å². The van der Waals surface area contributed by atoms with Crippen LogP contribution in [-0.4, -0.2) is 54.4 Å². The number of carbonyl (C=O) groups is 1. The lowest BCUT2D eigenvalue weighted by Gasteiger charge is -2.34. The Hall–Kier alpha value is -2.40. The highest BCUT2D eigenvalue weighted by molar-refractivity contribution is 5.79. The van der Waals surface area contributed by atoms with Gasteiger partial charge in [-0.1, -0.05) is 24.3 Å². The lowest BCUT2D eigenvalue weighted by molar-refractivity contribution is -0.136. The van der Waals surface area contributed by atoms with Gasteiger partial charge in [-0.25, -0.2) is 4.98 Å². The zero-order chi connectivity index (χ0) is 18.7. The van der Waals surface area contributed by atoms with Crippen LogP contribution in [0.15, 0.2) is 36.5 Å². The molecule has 1 amide bonds. The van der Waals surface area contributed by atoms with Crippen LogP contribution < -0.4 is 4.90 Å². The van der Waals surface area contributed by atoms with Crippen molar-refractivity contribution in [1.29, 1.82) is 0 Å². The lowest BCUT2D eigenvalue weighted by Crippen LogP contribution is -2.49. The molecule has 0 unspecified atom stereocenters. The normalized spacial score (nSPS) is 15.4. The van der Waals surface area contributed by atoms with Gasteiger partial charge in [0.15, 0.2) is 0 Å². The highest BCUT2D eigenvalue weighted by Gasteiger charge is 2.24. The summed E-state index contributed by atoms with van der Waals surface area (Å²) in [6.45, 7) is 7.84. The zero-order valence-electron chi connectivity index (χ0n) is 16.2. The van der Waals surface area contributed by atoms with Crippen molar-refractivity contribution in [3.63, 3.8) is 0 Å². The third-order valence-corrected chi connectivity index (χ3v) is 5.02. The number of aromatic nitrogens is 1. The Morgan fingerprint density at radius 1 is 1.00 bits per heavy atom. The largest absolute Gasteiger partial charge is 0.363 e. The molecule has 3 rings (SSSR count). The van der Waals surface area contributed by atoms with E-state index < -0.39 is 0 Å². The molecule has 1 saturated heterocycles. The molecule has 138 valence electrons. The highest BCUT2D eigenvalue weighted by Crippen LogP contribution is 2.16. The summed E-state index contributed by atoms with van der Waals surface area (Å²) in [5, 5.41) is 0. The van der Waals surface area contributed by atoms with Gasteiger partial charge in [-0.05, 0) is 42.2 Å². The van der Waals surface area contributed by atoms with E-state index in [1.807, 2.05) is 36.2 Å². The Morgan fingerprint density at radius 3 is 2.38 bits per heavy atom. The van der Waals surface area contributed by atoms with Gasteiger partial charge in [-0.3, -0.25) is 9.69 Å². The first-order valence-electron chi connectivity index (χ1n) is 9.11. The molecule has 0 radical (unpaired) electrons. The fraction of sp³-hybridized carbons (Fsp3) is 0.429. The summed E-state index contributed by atoms with van der Waals surface area (Å²) in [5.41, 5.74) is 4.92. The van der Waals surface area contributed by atoms with Gasteiger partial charge in [0.05, 0.1) is 6.54 Å². The number of pyridine rings is 1. The van der Waals surface area contributed by atoms with E-state index in [9.17, 15) is 4.79 Å². The molecule has 0 bridgehead atoms. The number of benzene rings is 1. The molecule has 0 N–H and O–H groups in total. The van der Waals surface area contributed by atoms with E-state index in [2.05, 4.69) is 48.0 Å². The fourth-order valence-corrected chi connectivity index (χ4v) is 3.21. The molecule has 0 spiro atoms. The third kappa shape index (κ3) is 4.41. The second kappa shape index (κ2) is 7.87. The van der Waals surface area contributed by atoms with Crippen molar-refractivity contribution >= 4 is 11.7 Å². The zero-order valence-corrected chi connectivity index (χ0v) is 16.2. The average Bonchev–Trinajstić information content (AvgIpc) is 2.61. The molecule has 1 aromatic carbocycles. The maximum absolute atomic E-state index is 12.6. The molecule has 1 aliphatic rings. The molecule has 1 aliphatic heterocycles. The van der Waals surface area contributed by atoms with Gasteiger partial charge in [0.1, 0.15) is 5.82 Å². The molecule has 5 nitrogen and oxygen atoms in total. The summed E-state index contributed by atoms with van der Waals surface area (Å²) in [6.07, 6.45) is 1.90. The minimum absolute atomic E-state index is 0.201. The molecular formula is C21H28N4O. The number of piperazine rings is 1. The maximum Gasteiger partial charge on any atom is 0.237 e. The van der Waals surface area contributed by atoms with Crippen molar-refractivity contribution in [2.45, 2.75) is 26.9 Å². The van der Waals surface area contributed by atoms with Crippen molar-refractivity contribution in [3.8, 4) is 0 Å². The highest BCUT2D eigenvalue weighted by atomic mass is 16.2. The smallest absolute Gasteiger partial charge is 0.237 e. The molecule has 2 heterocycles. The Labute approximate surface area is 156 Å². The summed E-state index contributed by atoms with van der Waals surface area (Å²) >= 11 is 0. The Balaban J connectivity index is 1.56. The van der Waals surface area contributed by atoms with E-state index in [1.54, 1.807) is 0 Å². The van der Waals surface area contributed by atoms with Crippen LogP contribution in [0.4, 0.5) is 5.82 Å². The van der Waals surface area contributed by atoms with E-state index in [0.29, 0.717) is 13.1 Å². The van der Waals surface area contributed by atoms with Crippen molar-refractivity contribution < 1.29 is 4.79 Å². The van der Waals surface area contributed by atoms with Crippen LogP contribution in [0.25, 0.3) is 0 Å². The van der Waals surface area contributed by atoms with Crippen molar-refractivity contribution in [3.05, 3.63) is 58.8 Å². The number of carbonyl (C=O) groups excluding carboxylic acids is 1. The van der Waals surface area contributed by atoms with Crippen LogP contribution in [0.5, 0.6) is 0 Å². The molecule has 0 aliphatic carbocycles. The minimum atomic E-state index is 0.201. The molecular weight excluding hydrogens is 324 g/mol. The maximum atomic E-state index is 12.6. The molecule has 1 fully saturated rings. The summed E-state index contributed by atoms with van der Waals surface area (Å²) in [4.78, 5) is 23.2. The summed E-state index contributed by atoms with van der Waals surface area (Å²) in [7, 11) is 3.96. The molecule has 2 aromatic rings. The van der Waals surface area contributed by atoms with E-state index in [1.165, 1.54) is 16.7 Å². The number of anilines is 1. The van der Waals surface area contributed by atoms with Crippen LogP contribution in [-0.2, 0) is 17.9 Å². The second-order valence-electron chi connectivity index (χ2n) is 7.36. The number of aryl methyl sites for hydroxylation is 2. The van der Waals surface area contributed by atoms with Gasteiger partial charge < -0.3 is 9.80 Å².